The van der Waals surface area contributed by atoms with Crippen LogP contribution in [0.4, 0.5) is 0 Å². The molecule has 0 saturated carbocycles. The highest BCUT2D eigenvalue weighted by Gasteiger charge is 2.43. The molecule has 2 rings (SSSR count). The Kier molecular flexibility index (Phi) is 3.07. The second-order valence-electron chi connectivity index (χ2n) is 3.67. The first kappa shape index (κ1) is 10.6. The second-order valence-corrected chi connectivity index (χ2v) is 4.65. The van der Waals surface area contributed by atoms with Crippen LogP contribution in [0.25, 0.3) is 0 Å². The molecular weight excluding hydrogens is 208 g/mol. The summed E-state index contributed by atoms with van der Waals surface area (Å²) in [5, 5.41) is 5.03. The highest BCUT2D eigenvalue weighted by molar-refractivity contribution is 7.10. The predicted molar refractivity (Wildman–Crippen MR) is 61.9 cm³/mol. The fourth-order valence-electron chi connectivity index (χ4n) is 2.06. The van der Waals surface area contributed by atoms with Gasteiger partial charge in [0.2, 0.25) is 5.91 Å². The maximum Gasteiger partial charge on any atom is 0.240 e. The Morgan fingerprint density at radius 2 is 2.20 bits per heavy atom. The molecular formula is C11H16N2OS. The van der Waals surface area contributed by atoms with Gasteiger partial charge in [-0.25, -0.2) is 0 Å². The molecule has 0 spiro atoms. The average Bonchev–Trinajstić information content (AvgIpc) is 2.74. The van der Waals surface area contributed by atoms with Crippen molar-refractivity contribution in [1.29, 1.82) is 0 Å². The highest BCUT2D eigenvalue weighted by Crippen LogP contribution is 2.31. The molecule has 1 aliphatic rings. The van der Waals surface area contributed by atoms with Crippen LogP contribution in [0, 0.1) is 0 Å². The lowest BCUT2D eigenvalue weighted by atomic mass is 9.95. The largest absolute Gasteiger partial charge is 0.345 e. The van der Waals surface area contributed by atoms with Crippen molar-refractivity contribution in [3.8, 4) is 0 Å². The standard InChI is InChI=1S/C11H16N2OS/c1-3-13(4-2)10-9(12-11(10)14)8-6-5-7-15-8/h5-7,9-10H,3-4H2,1-2H3,(H,12,14). The third kappa shape index (κ3) is 1.79. The van der Waals surface area contributed by atoms with Crippen LogP contribution in [-0.4, -0.2) is 29.9 Å². The van der Waals surface area contributed by atoms with Crippen LogP contribution in [0.1, 0.15) is 24.8 Å². The van der Waals surface area contributed by atoms with Crippen molar-refractivity contribution in [1.82, 2.24) is 10.2 Å². The molecule has 2 heterocycles. The minimum Gasteiger partial charge on any atom is -0.345 e. The number of hydrogen-bond acceptors (Lipinski definition) is 3. The fourth-order valence-corrected chi connectivity index (χ4v) is 2.87. The molecule has 0 aliphatic carbocycles. The Labute approximate surface area is 94.1 Å². The van der Waals surface area contributed by atoms with Crippen molar-refractivity contribution in [2.45, 2.75) is 25.9 Å². The summed E-state index contributed by atoms with van der Waals surface area (Å²) < 4.78 is 0. The number of carbonyl (C=O) groups is 1. The molecule has 0 bridgehead atoms. The number of likely N-dealkylation sites (N-methyl/N-ethyl adjacent to an activating group) is 1. The number of β-lactam (4-membered cyclic amide) rings is 1. The molecule has 1 aromatic rings. The molecule has 15 heavy (non-hydrogen) atoms. The van der Waals surface area contributed by atoms with Crippen molar-refractivity contribution in [2.75, 3.05) is 13.1 Å². The molecule has 4 heteroatoms. The van der Waals surface area contributed by atoms with Gasteiger partial charge in [0, 0.05) is 4.88 Å². The van der Waals surface area contributed by atoms with E-state index < -0.39 is 0 Å². The van der Waals surface area contributed by atoms with Crippen LogP contribution in [0.2, 0.25) is 0 Å². The van der Waals surface area contributed by atoms with Crippen LogP contribution in [0.3, 0.4) is 0 Å². The monoisotopic (exact) mass is 224 g/mol. The molecule has 1 saturated heterocycles. The van der Waals surface area contributed by atoms with E-state index in [1.54, 1.807) is 11.3 Å². The van der Waals surface area contributed by atoms with E-state index in [1.165, 1.54) is 4.88 Å². The summed E-state index contributed by atoms with van der Waals surface area (Å²) in [6.07, 6.45) is 0. The van der Waals surface area contributed by atoms with Gasteiger partial charge in [-0.05, 0) is 24.5 Å². The molecule has 1 aromatic heterocycles. The van der Waals surface area contributed by atoms with Crippen LogP contribution >= 0.6 is 11.3 Å². The normalized spacial score (nSPS) is 25.1. The maximum absolute atomic E-state index is 11.5. The zero-order valence-electron chi connectivity index (χ0n) is 9.06. The zero-order valence-corrected chi connectivity index (χ0v) is 9.88. The van der Waals surface area contributed by atoms with E-state index in [0.29, 0.717) is 0 Å². The van der Waals surface area contributed by atoms with Crippen molar-refractivity contribution in [2.24, 2.45) is 0 Å². The Hall–Kier alpha value is -0.870. The lowest BCUT2D eigenvalue weighted by Crippen LogP contribution is -2.63. The second kappa shape index (κ2) is 4.33. The van der Waals surface area contributed by atoms with Crippen molar-refractivity contribution in [3.63, 3.8) is 0 Å². The third-order valence-electron chi connectivity index (χ3n) is 2.94. The van der Waals surface area contributed by atoms with Gasteiger partial charge in [-0.1, -0.05) is 19.9 Å². The Bertz CT molecular complexity index is 332. The number of carbonyl (C=O) groups excluding carboxylic acids is 1. The fraction of sp³-hybridized carbons (Fsp3) is 0.545. The smallest absolute Gasteiger partial charge is 0.240 e. The average molecular weight is 224 g/mol. The molecule has 1 amide bonds. The Balaban J connectivity index is 2.12. The van der Waals surface area contributed by atoms with E-state index in [1.807, 2.05) is 6.07 Å². The van der Waals surface area contributed by atoms with Gasteiger partial charge in [0.05, 0.1) is 6.04 Å². The summed E-state index contributed by atoms with van der Waals surface area (Å²) in [7, 11) is 0. The maximum atomic E-state index is 11.5. The quantitative estimate of drug-likeness (QED) is 0.788. The topological polar surface area (TPSA) is 32.3 Å². The summed E-state index contributed by atoms with van der Waals surface area (Å²) in [6, 6.07) is 4.37. The predicted octanol–water partition coefficient (Wildman–Crippen LogP) is 1.63. The number of nitrogens with zero attached hydrogens (tertiary/aromatic N) is 1. The van der Waals surface area contributed by atoms with Gasteiger partial charge in [-0.3, -0.25) is 9.69 Å². The van der Waals surface area contributed by atoms with E-state index in [2.05, 4.69) is 35.5 Å². The molecule has 2 unspecified atom stereocenters. The first-order valence-electron chi connectivity index (χ1n) is 5.35. The summed E-state index contributed by atoms with van der Waals surface area (Å²) in [5.74, 6) is 0.164. The molecule has 1 fully saturated rings. The van der Waals surface area contributed by atoms with Crippen molar-refractivity contribution < 1.29 is 4.79 Å². The number of hydrogen-bond donors (Lipinski definition) is 1. The lowest BCUT2D eigenvalue weighted by Gasteiger charge is -2.42. The first-order valence-corrected chi connectivity index (χ1v) is 6.23. The van der Waals surface area contributed by atoms with E-state index in [-0.39, 0.29) is 18.0 Å². The summed E-state index contributed by atoms with van der Waals surface area (Å²) in [5.41, 5.74) is 0. The highest BCUT2D eigenvalue weighted by atomic mass is 32.1. The molecule has 2 atom stereocenters. The van der Waals surface area contributed by atoms with Gasteiger partial charge in [0.15, 0.2) is 0 Å². The van der Waals surface area contributed by atoms with Gasteiger partial charge in [0.1, 0.15) is 6.04 Å². The third-order valence-corrected chi connectivity index (χ3v) is 3.89. The zero-order chi connectivity index (χ0) is 10.8. The summed E-state index contributed by atoms with van der Waals surface area (Å²) in [6.45, 7) is 6.05. The molecule has 1 N–H and O–H groups in total. The summed E-state index contributed by atoms with van der Waals surface area (Å²) in [4.78, 5) is 15.0. The van der Waals surface area contributed by atoms with Gasteiger partial charge in [0.25, 0.3) is 0 Å². The minimum absolute atomic E-state index is 0.0404. The van der Waals surface area contributed by atoms with Crippen LogP contribution < -0.4 is 5.32 Å². The van der Waals surface area contributed by atoms with E-state index in [4.69, 9.17) is 0 Å². The van der Waals surface area contributed by atoms with Crippen molar-refractivity contribution in [3.05, 3.63) is 22.4 Å². The molecule has 0 aromatic carbocycles. The van der Waals surface area contributed by atoms with Gasteiger partial charge in [-0.2, -0.15) is 0 Å². The van der Waals surface area contributed by atoms with E-state index in [0.717, 1.165) is 13.1 Å². The van der Waals surface area contributed by atoms with Crippen LogP contribution in [-0.2, 0) is 4.79 Å². The lowest BCUT2D eigenvalue weighted by molar-refractivity contribution is -0.137. The van der Waals surface area contributed by atoms with Gasteiger partial charge in [-0.15, -0.1) is 11.3 Å². The molecule has 3 nitrogen and oxygen atoms in total. The van der Waals surface area contributed by atoms with E-state index in [9.17, 15) is 4.79 Å². The molecule has 1 aliphatic heterocycles. The number of nitrogens with one attached hydrogen (secondary N) is 1. The number of rotatable bonds is 4. The van der Waals surface area contributed by atoms with Gasteiger partial charge < -0.3 is 5.32 Å². The first-order chi connectivity index (χ1) is 7.27. The Morgan fingerprint density at radius 1 is 1.47 bits per heavy atom. The molecule has 0 radical (unpaired) electrons. The SMILES string of the molecule is CCN(CC)C1C(=O)NC1c1cccs1. The van der Waals surface area contributed by atoms with Crippen LogP contribution in [0.5, 0.6) is 0 Å². The van der Waals surface area contributed by atoms with Gasteiger partial charge >= 0.3 is 0 Å². The summed E-state index contributed by atoms with van der Waals surface area (Å²) >= 11 is 1.71. The molecule has 82 valence electrons. The number of amides is 1. The van der Waals surface area contributed by atoms with Crippen LogP contribution in [0.15, 0.2) is 17.5 Å². The number of thiophene rings is 1. The van der Waals surface area contributed by atoms with Crippen molar-refractivity contribution >= 4 is 17.2 Å². The minimum atomic E-state index is 0.0404. The Morgan fingerprint density at radius 3 is 2.67 bits per heavy atom. The van der Waals surface area contributed by atoms with E-state index >= 15 is 0 Å².